The van der Waals surface area contributed by atoms with Crippen molar-refractivity contribution in [1.29, 1.82) is 0 Å². The third kappa shape index (κ3) is 4.35. The van der Waals surface area contributed by atoms with Gasteiger partial charge in [0.05, 0.1) is 17.4 Å². The number of hydrogen-bond donors (Lipinski definition) is 0. The number of hydrogen-bond acceptors (Lipinski definition) is 2. The van der Waals surface area contributed by atoms with Crippen molar-refractivity contribution in [2.75, 3.05) is 0 Å². The van der Waals surface area contributed by atoms with Crippen LogP contribution >= 0.6 is 0 Å². The molecule has 20 heavy (non-hydrogen) atoms. The average molecular weight is 282 g/mol. The SMILES string of the molecule is C#Cc1cnn(-c2ccc(OC(F)(F)F)cc2)c1.CC. The number of aromatic nitrogens is 2. The summed E-state index contributed by atoms with van der Waals surface area (Å²) < 4.78 is 41.1. The molecule has 1 aromatic carbocycles. The van der Waals surface area contributed by atoms with Gasteiger partial charge in [-0.1, -0.05) is 19.8 Å². The molecule has 0 saturated carbocycles. The van der Waals surface area contributed by atoms with Crippen molar-refractivity contribution >= 4 is 0 Å². The van der Waals surface area contributed by atoms with E-state index in [9.17, 15) is 13.2 Å². The molecule has 6 heteroatoms. The van der Waals surface area contributed by atoms with Crippen molar-refractivity contribution in [3.05, 3.63) is 42.2 Å². The molecule has 2 rings (SSSR count). The number of benzene rings is 1. The first-order valence-electron chi connectivity index (χ1n) is 5.85. The predicted molar refractivity (Wildman–Crippen MR) is 69.5 cm³/mol. The Bertz CT molecular complexity index is 580. The summed E-state index contributed by atoms with van der Waals surface area (Å²) in [5.41, 5.74) is 1.18. The van der Waals surface area contributed by atoms with Crippen molar-refractivity contribution in [2.24, 2.45) is 0 Å². The zero-order valence-electron chi connectivity index (χ0n) is 11.0. The van der Waals surface area contributed by atoms with Crippen LogP contribution in [0.1, 0.15) is 19.4 Å². The van der Waals surface area contributed by atoms with Crippen LogP contribution in [0.3, 0.4) is 0 Å². The molecule has 2 aromatic rings. The highest BCUT2D eigenvalue weighted by Gasteiger charge is 2.30. The maximum absolute atomic E-state index is 12.0. The first kappa shape index (κ1) is 15.6. The van der Waals surface area contributed by atoms with Crippen molar-refractivity contribution in [3.63, 3.8) is 0 Å². The van der Waals surface area contributed by atoms with E-state index in [1.165, 1.54) is 35.1 Å². The van der Waals surface area contributed by atoms with Crippen LogP contribution in [-0.2, 0) is 0 Å². The number of rotatable bonds is 2. The zero-order chi connectivity index (χ0) is 15.2. The fourth-order valence-electron chi connectivity index (χ4n) is 1.34. The van der Waals surface area contributed by atoms with Crippen LogP contribution in [0, 0.1) is 12.3 Å². The Kier molecular flexibility index (Phi) is 5.21. The molecule has 0 spiro atoms. The topological polar surface area (TPSA) is 27.1 Å². The van der Waals surface area contributed by atoms with E-state index in [2.05, 4.69) is 15.8 Å². The zero-order valence-corrected chi connectivity index (χ0v) is 11.0. The van der Waals surface area contributed by atoms with Gasteiger partial charge in [0, 0.05) is 6.20 Å². The Morgan fingerprint density at radius 1 is 1.20 bits per heavy atom. The van der Waals surface area contributed by atoms with Crippen molar-refractivity contribution in [2.45, 2.75) is 20.2 Å². The fourth-order valence-corrected chi connectivity index (χ4v) is 1.34. The van der Waals surface area contributed by atoms with E-state index in [1.54, 1.807) is 6.20 Å². The smallest absolute Gasteiger partial charge is 0.406 e. The lowest BCUT2D eigenvalue weighted by atomic mass is 10.3. The molecular formula is C14H13F3N2O. The summed E-state index contributed by atoms with van der Waals surface area (Å²) in [6, 6.07) is 5.32. The Balaban J connectivity index is 0.000000956. The number of terminal acetylenes is 1. The number of alkyl halides is 3. The van der Waals surface area contributed by atoms with Crippen molar-refractivity contribution < 1.29 is 17.9 Å². The van der Waals surface area contributed by atoms with Gasteiger partial charge in [0.1, 0.15) is 5.75 Å². The van der Waals surface area contributed by atoms with Crippen LogP contribution in [0.25, 0.3) is 5.69 Å². The second-order valence-electron chi connectivity index (χ2n) is 3.36. The molecule has 1 aromatic heterocycles. The molecule has 0 saturated heterocycles. The summed E-state index contributed by atoms with van der Waals surface area (Å²) in [6.07, 6.45) is 3.58. The van der Waals surface area contributed by atoms with Crippen LogP contribution in [0.5, 0.6) is 5.75 Å². The minimum absolute atomic E-state index is 0.282. The largest absolute Gasteiger partial charge is 0.573 e. The molecule has 0 N–H and O–H groups in total. The molecule has 0 aliphatic heterocycles. The molecular weight excluding hydrogens is 269 g/mol. The lowest BCUT2D eigenvalue weighted by Crippen LogP contribution is -2.17. The first-order valence-corrected chi connectivity index (χ1v) is 5.85. The third-order valence-electron chi connectivity index (χ3n) is 2.08. The van der Waals surface area contributed by atoms with E-state index in [-0.39, 0.29) is 5.75 Å². The standard InChI is InChI=1S/C12H7F3N2O.C2H6/c1-2-9-7-16-17(8-9)10-3-5-11(6-4-10)18-12(13,14)15;1-2/h1,3-8H;1-2H3. The van der Waals surface area contributed by atoms with Crippen LogP contribution in [0.4, 0.5) is 13.2 Å². The summed E-state index contributed by atoms with van der Waals surface area (Å²) in [4.78, 5) is 0. The second-order valence-corrected chi connectivity index (χ2v) is 3.36. The molecule has 0 radical (unpaired) electrons. The van der Waals surface area contributed by atoms with Crippen LogP contribution in [0.15, 0.2) is 36.7 Å². The monoisotopic (exact) mass is 282 g/mol. The first-order chi connectivity index (χ1) is 9.48. The molecule has 0 bridgehead atoms. The summed E-state index contributed by atoms with van der Waals surface area (Å²) in [5, 5.41) is 3.97. The van der Waals surface area contributed by atoms with Gasteiger partial charge in [0.2, 0.25) is 0 Å². The lowest BCUT2D eigenvalue weighted by Gasteiger charge is -2.09. The lowest BCUT2D eigenvalue weighted by molar-refractivity contribution is -0.274. The minimum atomic E-state index is -4.69. The Morgan fingerprint density at radius 2 is 1.80 bits per heavy atom. The van der Waals surface area contributed by atoms with Gasteiger partial charge in [-0.05, 0) is 24.3 Å². The van der Waals surface area contributed by atoms with Crippen molar-refractivity contribution in [1.82, 2.24) is 9.78 Å². The van der Waals surface area contributed by atoms with Gasteiger partial charge in [-0.3, -0.25) is 0 Å². The molecule has 0 unspecified atom stereocenters. The molecule has 0 aliphatic carbocycles. The molecule has 0 aliphatic rings. The molecule has 0 amide bonds. The molecule has 106 valence electrons. The maximum atomic E-state index is 12.0. The van der Waals surface area contributed by atoms with E-state index in [0.29, 0.717) is 11.3 Å². The van der Waals surface area contributed by atoms with Gasteiger partial charge in [0.25, 0.3) is 0 Å². The third-order valence-corrected chi connectivity index (χ3v) is 2.08. The highest BCUT2D eigenvalue weighted by atomic mass is 19.4. The Morgan fingerprint density at radius 3 is 2.25 bits per heavy atom. The fraction of sp³-hybridized carbons (Fsp3) is 0.214. The number of ether oxygens (including phenoxy) is 1. The van der Waals surface area contributed by atoms with E-state index in [4.69, 9.17) is 6.42 Å². The Hall–Kier alpha value is -2.42. The highest BCUT2D eigenvalue weighted by Crippen LogP contribution is 2.23. The molecule has 0 atom stereocenters. The van der Waals surface area contributed by atoms with Gasteiger partial charge < -0.3 is 4.74 Å². The van der Waals surface area contributed by atoms with Gasteiger partial charge in [-0.15, -0.1) is 19.6 Å². The average Bonchev–Trinajstić information content (AvgIpc) is 2.89. The van der Waals surface area contributed by atoms with Gasteiger partial charge in [-0.25, -0.2) is 4.68 Å². The quantitative estimate of drug-likeness (QED) is 0.784. The van der Waals surface area contributed by atoms with Crippen LogP contribution in [0.2, 0.25) is 0 Å². The number of nitrogens with zero attached hydrogens (tertiary/aromatic N) is 2. The van der Waals surface area contributed by atoms with Gasteiger partial charge in [0.15, 0.2) is 0 Å². The summed E-state index contributed by atoms with van der Waals surface area (Å²) in [6.45, 7) is 4.00. The van der Waals surface area contributed by atoms with E-state index < -0.39 is 6.36 Å². The van der Waals surface area contributed by atoms with E-state index in [0.717, 1.165) is 0 Å². The summed E-state index contributed by atoms with van der Waals surface area (Å²) in [7, 11) is 0. The Labute approximate surface area is 115 Å². The van der Waals surface area contributed by atoms with E-state index >= 15 is 0 Å². The summed E-state index contributed by atoms with van der Waals surface area (Å²) >= 11 is 0. The van der Waals surface area contributed by atoms with Crippen molar-refractivity contribution in [3.8, 4) is 23.8 Å². The predicted octanol–water partition coefficient (Wildman–Crippen LogP) is 3.78. The van der Waals surface area contributed by atoms with Gasteiger partial charge >= 0.3 is 6.36 Å². The molecule has 3 nitrogen and oxygen atoms in total. The second kappa shape index (κ2) is 6.66. The normalized spacial score (nSPS) is 10.2. The van der Waals surface area contributed by atoms with E-state index in [1.807, 2.05) is 13.8 Å². The highest BCUT2D eigenvalue weighted by molar-refractivity contribution is 5.38. The molecule has 1 heterocycles. The van der Waals surface area contributed by atoms with Gasteiger partial charge in [-0.2, -0.15) is 5.10 Å². The van der Waals surface area contributed by atoms with Crippen LogP contribution in [-0.4, -0.2) is 16.1 Å². The number of halogens is 3. The summed E-state index contributed by atoms with van der Waals surface area (Å²) in [5.74, 6) is 2.12. The maximum Gasteiger partial charge on any atom is 0.573 e. The molecule has 0 fully saturated rings. The van der Waals surface area contributed by atoms with Crippen LogP contribution < -0.4 is 4.74 Å². The minimum Gasteiger partial charge on any atom is -0.406 e.